The van der Waals surface area contributed by atoms with Gasteiger partial charge >= 0.3 is 12.1 Å². The molecule has 0 heterocycles. The molecule has 0 saturated heterocycles. The van der Waals surface area contributed by atoms with Crippen LogP contribution in [0.3, 0.4) is 0 Å². The Morgan fingerprint density at radius 1 is 1.05 bits per heavy atom. The van der Waals surface area contributed by atoms with Gasteiger partial charge in [-0.3, -0.25) is 0 Å². The zero-order chi connectivity index (χ0) is 15.9. The maximum atomic E-state index is 11.7. The lowest BCUT2D eigenvalue weighted by atomic mass is 10.1. The largest absolute Gasteiger partial charge is 0.508 e. The molecule has 6 nitrogen and oxygen atoms in total. The van der Waals surface area contributed by atoms with Gasteiger partial charge in [-0.05, 0) is 11.6 Å². The van der Waals surface area contributed by atoms with E-state index >= 15 is 0 Å². The predicted molar refractivity (Wildman–Crippen MR) is 78.2 cm³/mol. The van der Waals surface area contributed by atoms with E-state index in [1.807, 2.05) is 6.07 Å². The number of rotatable bonds is 5. The molecule has 0 radical (unpaired) electrons. The van der Waals surface area contributed by atoms with Crippen molar-refractivity contribution in [1.29, 1.82) is 0 Å². The molecule has 0 aliphatic heterocycles. The minimum atomic E-state index is -1.38. The summed E-state index contributed by atoms with van der Waals surface area (Å²) < 4.78 is 4.98. The number of benzene rings is 2. The summed E-state index contributed by atoms with van der Waals surface area (Å²) in [5.41, 5.74) is 0.874. The lowest BCUT2D eigenvalue weighted by Crippen LogP contribution is -2.34. The molecule has 22 heavy (non-hydrogen) atoms. The van der Waals surface area contributed by atoms with E-state index in [1.54, 1.807) is 36.4 Å². The second-order valence-electron chi connectivity index (χ2n) is 4.54. The van der Waals surface area contributed by atoms with Crippen LogP contribution in [0.4, 0.5) is 4.79 Å². The van der Waals surface area contributed by atoms with Crippen LogP contribution in [0.2, 0.25) is 0 Å². The molecule has 0 bridgehead atoms. The van der Waals surface area contributed by atoms with E-state index in [0.717, 1.165) is 5.56 Å². The van der Waals surface area contributed by atoms with Crippen LogP contribution in [0.1, 0.15) is 17.2 Å². The standard InChI is InChI=1S/C16H15NO5/c18-13-9-5-4-8-12(13)14(15(19)20)17-16(21)22-10-11-6-2-1-3-7-11/h1-9,14,18H,10H2,(H,17,21)(H,19,20)/t14-/m0/s1. The number of alkyl carbamates (subject to hydrolysis) is 1. The fraction of sp³-hybridized carbons (Fsp3) is 0.125. The molecule has 0 aromatic heterocycles. The second-order valence-corrected chi connectivity index (χ2v) is 4.54. The monoisotopic (exact) mass is 301 g/mol. The fourth-order valence-electron chi connectivity index (χ4n) is 1.89. The number of aromatic hydroxyl groups is 1. The average Bonchev–Trinajstić information content (AvgIpc) is 2.52. The zero-order valence-electron chi connectivity index (χ0n) is 11.6. The summed E-state index contributed by atoms with van der Waals surface area (Å²) in [6.45, 7) is 0.0276. The van der Waals surface area contributed by atoms with Crippen molar-refractivity contribution < 1.29 is 24.5 Å². The van der Waals surface area contributed by atoms with Crippen molar-refractivity contribution in [3.63, 3.8) is 0 Å². The van der Waals surface area contributed by atoms with Crippen molar-refractivity contribution in [2.24, 2.45) is 0 Å². The van der Waals surface area contributed by atoms with E-state index in [1.165, 1.54) is 12.1 Å². The molecule has 2 aromatic rings. The summed E-state index contributed by atoms with van der Waals surface area (Å²) in [5, 5.41) is 21.1. The van der Waals surface area contributed by atoms with Gasteiger partial charge in [0.1, 0.15) is 12.4 Å². The number of nitrogens with one attached hydrogen (secondary N) is 1. The molecule has 0 fully saturated rings. The quantitative estimate of drug-likeness (QED) is 0.788. The predicted octanol–water partition coefficient (Wildman–Crippen LogP) is 2.44. The Kier molecular flexibility index (Phi) is 4.98. The number of carboxylic acid groups (broad SMARTS) is 1. The Morgan fingerprint density at radius 3 is 2.32 bits per heavy atom. The van der Waals surface area contributed by atoms with Crippen LogP contribution in [0, 0.1) is 0 Å². The number of hydrogen-bond donors (Lipinski definition) is 3. The Hall–Kier alpha value is -3.02. The van der Waals surface area contributed by atoms with Gasteiger partial charge < -0.3 is 20.3 Å². The third-order valence-electron chi connectivity index (χ3n) is 2.97. The molecule has 1 atom stereocenters. The van der Waals surface area contributed by atoms with Gasteiger partial charge in [-0.2, -0.15) is 0 Å². The van der Waals surface area contributed by atoms with Gasteiger partial charge in [0.25, 0.3) is 0 Å². The van der Waals surface area contributed by atoms with Crippen LogP contribution in [-0.4, -0.2) is 22.3 Å². The summed E-state index contributed by atoms with van der Waals surface area (Å²) in [7, 11) is 0. The average molecular weight is 301 g/mol. The van der Waals surface area contributed by atoms with Crippen LogP contribution in [-0.2, 0) is 16.1 Å². The van der Waals surface area contributed by atoms with Crippen molar-refractivity contribution in [2.75, 3.05) is 0 Å². The Labute approximate surface area is 127 Å². The van der Waals surface area contributed by atoms with Crippen molar-refractivity contribution in [2.45, 2.75) is 12.6 Å². The summed E-state index contributed by atoms with van der Waals surface area (Å²) in [6.07, 6.45) is -0.875. The third kappa shape index (κ3) is 3.99. The molecular weight excluding hydrogens is 286 g/mol. The first-order valence-corrected chi connectivity index (χ1v) is 6.56. The highest BCUT2D eigenvalue weighted by Gasteiger charge is 2.25. The van der Waals surface area contributed by atoms with Gasteiger partial charge in [-0.25, -0.2) is 9.59 Å². The molecule has 0 saturated carbocycles. The van der Waals surface area contributed by atoms with Crippen molar-refractivity contribution >= 4 is 12.1 Å². The maximum Gasteiger partial charge on any atom is 0.408 e. The molecule has 0 aliphatic carbocycles. The van der Waals surface area contributed by atoms with Crippen LogP contribution in [0.15, 0.2) is 54.6 Å². The number of ether oxygens (including phenoxy) is 1. The molecule has 6 heteroatoms. The van der Waals surface area contributed by atoms with E-state index in [9.17, 15) is 19.8 Å². The molecule has 3 N–H and O–H groups in total. The number of aliphatic carboxylic acids is 1. The van der Waals surface area contributed by atoms with Gasteiger partial charge in [0.2, 0.25) is 0 Å². The molecule has 2 rings (SSSR count). The van der Waals surface area contributed by atoms with Gasteiger partial charge in [0, 0.05) is 5.56 Å². The highest BCUT2D eigenvalue weighted by Crippen LogP contribution is 2.23. The first-order valence-electron chi connectivity index (χ1n) is 6.56. The zero-order valence-corrected chi connectivity index (χ0v) is 11.6. The molecule has 2 aromatic carbocycles. The number of carbonyl (C=O) groups is 2. The molecule has 0 aliphatic rings. The van der Waals surface area contributed by atoms with Gasteiger partial charge in [-0.15, -0.1) is 0 Å². The third-order valence-corrected chi connectivity index (χ3v) is 2.97. The smallest absolute Gasteiger partial charge is 0.408 e. The highest BCUT2D eigenvalue weighted by atomic mass is 16.5. The topological polar surface area (TPSA) is 95.9 Å². The summed E-state index contributed by atoms with van der Waals surface area (Å²) >= 11 is 0. The normalized spacial score (nSPS) is 11.5. The van der Waals surface area contributed by atoms with E-state index in [0.29, 0.717) is 0 Å². The molecule has 1 amide bonds. The number of carboxylic acids is 1. The van der Waals surface area contributed by atoms with Gasteiger partial charge in [0.15, 0.2) is 6.04 Å². The summed E-state index contributed by atoms with van der Waals surface area (Å²) in [6, 6.07) is 13.5. The Balaban J connectivity index is 2.01. The number of hydrogen-bond acceptors (Lipinski definition) is 4. The van der Waals surface area contributed by atoms with E-state index in [-0.39, 0.29) is 17.9 Å². The van der Waals surface area contributed by atoms with Crippen LogP contribution in [0.25, 0.3) is 0 Å². The Bertz CT molecular complexity index is 657. The fourth-order valence-corrected chi connectivity index (χ4v) is 1.89. The minimum absolute atomic E-state index is 0.0276. The van der Waals surface area contributed by atoms with Crippen molar-refractivity contribution in [3.05, 3.63) is 65.7 Å². The first kappa shape index (κ1) is 15.4. The number of para-hydroxylation sites is 1. The molecule has 114 valence electrons. The summed E-state index contributed by atoms with van der Waals surface area (Å²) in [4.78, 5) is 23.0. The van der Waals surface area contributed by atoms with E-state index < -0.39 is 18.1 Å². The van der Waals surface area contributed by atoms with Crippen LogP contribution in [0.5, 0.6) is 5.75 Å². The van der Waals surface area contributed by atoms with Crippen molar-refractivity contribution in [1.82, 2.24) is 5.32 Å². The molecule has 0 unspecified atom stereocenters. The number of carbonyl (C=O) groups excluding carboxylic acids is 1. The number of phenols is 1. The first-order chi connectivity index (χ1) is 10.6. The van der Waals surface area contributed by atoms with E-state index in [4.69, 9.17) is 4.74 Å². The number of amides is 1. The second kappa shape index (κ2) is 7.12. The minimum Gasteiger partial charge on any atom is -0.508 e. The lowest BCUT2D eigenvalue weighted by Gasteiger charge is -2.16. The molecular formula is C16H15NO5. The SMILES string of the molecule is O=C(N[C@H](C(=O)O)c1ccccc1O)OCc1ccccc1. The van der Waals surface area contributed by atoms with Crippen molar-refractivity contribution in [3.8, 4) is 5.75 Å². The van der Waals surface area contributed by atoms with Crippen LogP contribution >= 0.6 is 0 Å². The maximum absolute atomic E-state index is 11.7. The molecule has 0 spiro atoms. The lowest BCUT2D eigenvalue weighted by molar-refractivity contribution is -0.139. The number of phenolic OH excluding ortho intramolecular Hbond substituents is 1. The van der Waals surface area contributed by atoms with Gasteiger partial charge in [-0.1, -0.05) is 48.5 Å². The highest BCUT2D eigenvalue weighted by molar-refractivity contribution is 5.82. The van der Waals surface area contributed by atoms with E-state index in [2.05, 4.69) is 5.32 Å². The Morgan fingerprint density at radius 2 is 1.68 bits per heavy atom. The van der Waals surface area contributed by atoms with Crippen LogP contribution < -0.4 is 5.32 Å². The van der Waals surface area contributed by atoms with Gasteiger partial charge in [0.05, 0.1) is 0 Å². The summed E-state index contributed by atoms with van der Waals surface area (Å²) in [5.74, 6) is -1.50.